The first kappa shape index (κ1) is 15.4. The van der Waals surface area contributed by atoms with Crippen molar-refractivity contribution in [3.63, 3.8) is 0 Å². The Balaban J connectivity index is 2.26. The summed E-state index contributed by atoms with van der Waals surface area (Å²) in [4.78, 5) is 0. The lowest BCUT2D eigenvalue weighted by molar-refractivity contribution is 0.532. The molecule has 0 bridgehead atoms. The van der Waals surface area contributed by atoms with Gasteiger partial charge in [-0.1, -0.05) is 39.7 Å². The van der Waals surface area contributed by atoms with Crippen molar-refractivity contribution in [2.75, 3.05) is 7.05 Å². The van der Waals surface area contributed by atoms with Gasteiger partial charge in [0.15, 0.2) is 0 Å². The van der Waals surface area contributed by atoms with Crippen molar-refractivity contribution in [3.05, 3.63) is 68.7 Å². The Morgan fingerprint density at radius 1 is 1.15 bits per heavy atom. The molecule has 0 fully saturated rings. The molecule has 0 aliphatic rings. The van der Waals surface area contributed by atoms with Crippen LogP contribution in [0.2, 0.25) is 5.02 Å². The normalized spacial score (nSPS) is 12.4. The lowest BCUT2D eigenvalue weighted by Crippen LogP contribution is -2.20. The minimum Gasteiger partial charge on any atom is -0.313 e. The van der Waals surface area contributed by atoms with E-state index < -0.39 is 5.82 Å². The summed E-state index contributed by atoms with van der Waals surface area (Å²) in [6.45, 7) is 0. The highest BCUT2D eigenvalue weighted by atomic mass is 79.9. The molecule has 106 valence electrons. The zero-order chi connectivity index (χ0) is 14.7. The van der Waals surface area contributed by atoms with Gasteiger partial charge in [-0.15, -0.1) is 0 Å². The van der Waals surface area contributed by atoms with Crippen molar-refractivity contribution in [2.45, 2.75) is 12.5 Å². The number of nitrogens with one attached hydrogen (secondary N) is 1. The molecule has 0 amide bonds. The van der Waals surface area contributed by atoms with Crippen molar-refractivity contribution >= 4 is 27.5 Å². The van der Waals surface area contributed by atoms with E-state index in [-0.39, 0.29) is 16.9 Å². The number of benzene rings is 2. The van der Waals surface area contributed by atoms with E-state index in [0.717, 1.165) is 5.56 Å². The second-order valence-electron chi connectivity index (χ2n) is 4.46. The highest BCUT2D eigenvalue weighted by Crippen LogP contribution is 2.25. The molecule has 0 aliphatic carbocycles. The third kappa shape index (κ3) is 3.57. The maximum atomic E-state index is 14.0. The number of halogens is 4. The van der Waals surface area contributed by atoms with Gasteiger partial charge in [0, 0.05) is 16.1 Å². The van der Waals surface area contributed by atoms with E-state index >= 15 is 0 Å². The van der Waals surface area contributed by atoms with Crippen molar-refractivity contribution in [2.24, 2.45) is 0 Å². The molecule has 1 unspecified atom stereocenters. The topological polar surface area (TPSA) is 12.0 Å². The highest BCUT2D eigenvalue weighted by Gasteiger charge is 2.15. The van der Waals surface area contributed by atoms with Crippen LogP contribution < -0.4 is 5.32 Å². The Morgan fingerprint density at radius 2 is 1.90 bits per heavy atom. The van der Waals surface area contributed by atoms with Gasteiger partial charge in [-0.25, -0.2) is 8.78 Å². The van der Waals surface area contributed by atoms with Crippen molar-refractivity contribution in [1.29, 1.82) is 0 Å². The van der Waals surface area contributed by atoms with E-state index in [1.165, 1.54) is 18.2 Å². The summed E-state index contributed by atoms with van der Waals surface area (Å²) in [5, 5.41) is 3.14. The van der Waals surface area contributed by atoms with Crippen LogP contribution in [0.3, 0.4) is 0 Å². The van der Waals surface area contributed by atoms with Crippen LogP contribution in [-0.4, -0.2) is 7.05 Å². The standard InChI is InChI=1S/C15H13BrClF2N/c1-20-15(11-4-3-10(16)8-13(11)18)7-9-2-5-12(17)14(19)6-9/h2-6,8,15,20H,7H2,1H3. The smallest absolute Gasteiger partial charge is 0.142 e. The first-order valence-electron chi connectivity index (χ1n) is 6.07. The molecule has 1 N–H and O–H groups in total. The fourth-order valence-electron chi connectivity index (χ4n) is 2.05. The molecule has 2 aromatic rings. The van der Waals surface area contributed by atoms with Gasteiger partial charge in [0.05, 0.1) is 5.02 Å². The second kappa shape index (κ2) is 6.66. The summed E-state index contributed by atoms with van der Waals surface area (Å²) in [7, 11) is 1.75. The van der Waals surface area contributed by atoms with E-state index in [9.17, 15) is 8.78 Å². The van der Waals surface area contributed by atoms with Crippen LogP contribution in [0, 0.1) is 11.6 Å². The average Bonchev–Trinajstić information content (AvgIpc) is 2.41. The number of likely N-dealkylation sites (N-methyl/N-ethyl adjacent to an activating group) is 1. The zero-order valence-electron chi connectivity index (χ0n) is 10.8. The SMILES string of the molecule is CNC(Cc1ccc(Cl)c(F)c1)c1ccc(Br)cc1F. The maximum Gasteiger partial charge on any atom is 0.142 e. The largest absolute Gasteiger partial charge is 0.313 e. The van der Waals surface area contributed by atoms with Crippen molar-refractivity contribution in [1.82, 2.24) is 5.32 Å². The Morgan fingerprint density at radius 3 is 2.50 bits per heavy atom. The van der Waals surface area contributed by atoms with Gasteiger partial charge in [-0.05, 0) is 43.3 Å². The molecular weight excluding hydrogens is 348 g/mol. The minimum absolute atomic E-state index is 0.0876. The zero-order valence-corrected chi connectivity index (χ0v) is 13.1. The molecule has 0 saturated heterocycles. The van der Waals surface area contributed by atoms with Crippen molar-refractivity contribution < 1.29 is 8.78 Å². The first-order valence-corrected chi connectivity index (χ1v) is 7.24. The van der Waals surface area contributed by atoms with Crippen LogP contribution in [0.15, 0.2) is 40.9 Å². The van der Waals surface area contributed by atoms with Gasteiger partial charge in [0.25, 0.3) is 0 Å². The van der Waals surface area contributed by atoms with Crippen LogP contribution in [0.5, 0.6) is 0 Å². The van der Waals surface area contributed by atoms with Crippen LogP contribution in [0.25, 0.3) is 0 Å². The number of hydrogen-bond acceptors (Lipinski definition) is 1. The summed E-state index contributed by atoms with van der Waals surface area (Å²) >= 11 is 8.88. The second-order valence-corrected chi connectivity index (χ2v) is 5.78. The molecule has 5 heteroatoms. The van der Waals surface area contributed by atoms with E-state index in [2.05, 4.69) is 21.2 Å². The lowest BCUT2D eigenvalue weighted by atomic mass is 9.98. The van der Waals surface area contributed by atoms with Crippen LogP contribution in [-0.2, 0) is 6.42 Å². The Labute approximate surface area is 130 Å². The summed E-state index contributed by atoms with van der Waals surface area (Å²) < 4.78 is 28.1. The Kier molecular flexibility index (Phi) is 5.13. The van der Waals surface area contributed by atoms with Crippen LogP contribution in [0.4, 0.5) is 8.78 Å². The molecule has 0 aromatic heterocycles. The van der Waals surface area contributed by atoms with Gasteiger partial charge in [-0.3, -0.25) is 0 Å². The molecule has 1 nitrogen and oxygen atoms in total. The molecule has 0 aliphatic heterocycles. The molecule has 2 aromatic carbocycles. The van der Waals surface area contributed by atoms with Crippen LogP contribution >= 0.6 is 27.5 Å². The van der Waals surface area contributed by atoms with Gasteiger partial charge in [0.2, 0.25) is 0 Å². The summed E-state index contributed by atoms with van der Waals surface area (Å²) in [5.41, 5.74) is 1.31. The molecule has 1 atom stereocenters. The molecular formula is C15H13BrClF2N. The molecule has 0 saturated carbocycles. The van der Waals surface area contributed by atoms with Gasteiger partial charge < -0.3 is 5.32 Å². The fourth-order valence-corrected chi connectivity index (χ4v) is 2.50. The van der Waals surface area contributed by atoms with Gasteiger partial charge >= 0.3 is 0 Å². The van der Waals surface area contributed by atoms with Gasteiger partial charge in [0.1, 0.15) is 11.6 Å². The predicted molar refractivity (Wildman–Crippen MR) is 81.0 cm³/mol. The van der Waals surface area contributed by atoms with E-state index in [1.54, 1.807) is 25.2 Å². The lowest BCUT2D eigenvalue weighted by Gasteiger charge is -2.18. The predicted octanol–water partition coefficient (Wildman–Crippen LogP) is 4.88. The third-order valence-electron chi connectivity index (χ3n) is 3.11. The van der Waals surface area contributed by atoms with Crippen LogP contribution in [0.1, 0.15) is 17.2 Å². The molecule has 2 rings (SSSR count). The molecule has 0 radical (unpaired) electrons. The maximum absolute atomic E-state index is 14.0. The molecule has 0 spiro atoms. The van der Waals surface area contributed by atoms with E-state index in [1.807, 2.05) is 0 Å². The molecule has 0 heterocycles. The monoisotopic (exact) mass is 359 g/mol. The first-order chi connectivity index (χ1) is 9.51. The summed E-state index contributed by atoms with van der Waals surface area (Å²) in [6, 6.07) is 9.32. The Hall–Kier alpha value is -0.970. The van der Waals surface area contributed by atoms with E-state index in [0.29, 0.717) is 16.5 Å². The summed E-state index contributed by atoms with van der Waals surface area (Å²) in [5.74, 6) is -0.761. The quantitative estimate of drug-likeness (QED) is 0.819. The van der Waals surface area contributed by atoms with Gasteiger partial charge in [-0.2, -0.15) is 0 Å². The fraction of sp³-hybridized carbons (Fsp3) is 0.200. The summed E-state index contributed by atoms with van der Waals surface area (Å²) in [6.07, 6.45) is 0.475. The third-order valence-corrected chi connectivity index (χ3v) is 3.91. The number of hydrogen-bond donors (Lipinski definition) is 1. The van der Waals surface area contributed by atoms with Crippen molar-refractivity contribution in [3.8, 4) is 0 Å². The number of rotatable bonds is 4. The Bertz CT molecular complexity index is 619. The van der Waals surface area contributed by atoms with E-state index in [4.69, 9.17) is 11.6 Å². The average molecular weight is 361 g/mol. The highest BCUT2D eigenvalue weighted by molar-refractivity contribution is 9.10. The molecule has 20 heavy (non-hydrogen) atoms. The minimum atomic E-state index is -0.463.